The third-order valence-corrected chi connectivity index (χ3v) is 4.44. The maximum absolute atomic E-state index is 12.3. The van der Waals surface area contributed by atoms with Crippen LogP contribution in [0, 0.1) is 13.8 Å². The Labute approximate surface area is 154 Å². The van der Waals surface area contributed by atoms with E-state index >= 15 is 0 Å². The van der Waals surface area contributed by atoms with Gasteiger partial charge in [-0.1, -0.05) is 23.7 Å². The van der Waals surface area contributed by atoms with Crippen molar-refractivity contribution in [2.24, 2.45) is 0 Å². The minimum atomic E-state index is 0.00679. The number of hydrogen-bond donors (Lipinski definition) is 0. The van der Waals surface area contributed by atoms with E-state index in [2.05, 4.69) is 0 Å². The highest BCUT2D eigenvalue weighted by Gasteiger charge is 2.13. The van der Waals surface area contributed by atoms with Gasteiger partial charge in [0.25, 0.3) is 0 Å². The standard InChI is InChI=1S/C20H24ClNO3/c1-14-6-5-7-18(15(14)2)25-11-10-20(23)22(3)13-16-12-17(21)8-9-19(16)24-4/h5-9,12H,10-11,13H2,1-4H3. The third kappa shape index (κ3) is 5.13. The van der Waals surface area contributed by atoms with E-state index in [0.29, 0.717) is 24.6 Å². The van der Waals surface area contributed by atoms with Crippen LogP contribution in [-0.2, 0) is 11.3 Å². The molecule has 5 heteroatoms. The molecule has 0 radical (unpaired) electrons. The number of benzene rings is 2. The van der Waals surface area contributed by atoms with E-state index in [0.717, 1.165) is 22.6 Å². The molecule has 2 aromatic rings. The fourth-order valence-corrected chi connectivity index (χ4v) is 2.73. The van der Waals surface area contributed by atoms with Crippen LogP contribution in [0.2, 0.25) is 5.02 Å². The highest BCUT2D eigenvalue weighted by Crippen LogP contribution is 2.24. The van der Waals surface area contributed by atoms with Gasteiger partial charge in [0, 0.05) is 24.2 Å². The highest BCUT2D eigenvalue weighted by molar-refractivity contribution is 6.30. The maximum Gasteiger partial charge on any atom is 0.226 e. The van der Waals surface area contributed by atoms with Gasteiger partial charge in [-0.15, -0.1) is 0 Å². The van der Waals surface area contributed by atoms with Gasteiger partial charge in [0.15, 0.2) is 0 Å². The number of rotatable bonds is 7. The second kappa shape index (κ2) is 8.77. The van der Waals surface area contributed by atoms with Crippen molar-refractivity contribution in [3.05, 3.63) is 58.1 Å². The third-order valence-electron chi connectivity index (χ3n) is 4.20. The van der Waals surface area contributed by atoms with E-state index in [9.17, 15) is 4.79 Å². The first-order valence-corrected chi connectivity index (χ1v) is 8.55. The van der Waals surface area contributed by atoms with Crippen molar-refractivity contribution in [2.45, 2.75) is 26.8 Å². The zero-order chi connectivity index (χ0) is 18.4. The van der Waals surface area contributed by atoms with Gasteiger partial charge in [0.1, 0.15) is 11.5 Å². The van der Waals surface area contributed by atoms with Gasteiger partial charge < -0.3 is 14.4 Å². The van der Waals surface area contributed by atoms with Crippen molar-refractivity contribution in [1.29, 1.82) is 0 Å². The Balaban J connectivity index is 1.90. The molecule has 2 rings (SSSR count). The average molecular weight is 362 g/mol. The first-order valence-electron chi connectivity index (χ1n) is 8.17. The second-order valence-electron chi connectivity index (χ2n) is 6.00. The van der Waals surface area contributed by atoms with Crippen LogP contribution in [-0.4, -0.2) is 31.6 Å². The molecule has 25 heavy (non-hydrogen) atoms. The summed E-state index contributed by atoms with van der Waals surface area (Å²) in [5.41, 5.74) is 3.15. The summed E-state index contributed by atoms with van der Waals surface area (Å²) < 4.78 is 11.1. The number of halogens is 1. The minimum absolute atomic E-state index is 0.00679. The first kappa shape index (κ1) is 19.1. The van der Waals surface area contributed by atoms with E-state index in [1.165, 1.54) is 5.56 Å². The molecule has 0 spiro atoms. The lowest BCUT2D eigenvalue weighted by Gasteiger charge is -2.19. The maximum atomic E-state index is 12.3. The Kier molecular flexibility index (Phi) is 6.71. The number of nitrogens with zero attached hydrogens (tertiary/aromatic N) is 1. The summed E-state index contributed by atoms with van der Waals surface area (Å²) in [6.45, 7) is 4.84. The van der Waals surface area contributed by atoms with E-state index in [1.54, 1.807) is 31.2 Å². The Morgan fingerprint density at radius 1 is 1.16 bits per heavy atom. The summed E-state index contributed by atoms with van der Waals surface area (Å²) in [6, 6.07) is 11.3. The monoisotopic (exact) mass is 361 g/mol. The first-order chi connectivity index (χ1) is 11.9. The molecule has 2 aromatic carbocycles. The van der Waals surface area contributed by atoms with Crippen LogP contribution in [0.5, 0.6) is 11.5 Å². The van der Waals surface area contributed by atoms with Gasteiger partial charge in [-0.2, -0.15) is 0 Å². The Morgan fingerprint density at radius 2 is 1.92 bits per heavy atom. The molecule has 1 amide bonds. The van der Waals surface area contributed by atoms with Crippen molar-refractivity contribution in [1.82, 2.24) is 4.90 Å². The number of carbonyl (C=O) groups is 1. The number of hydrogen-bond acceptors (Lipinski definition) is 3. The van der Waals surface area contributed by atoms with Crippen LogP contribution >= 0.6 is 11.6 Å². The molecule has 0 bridgehead atoms. The van der Waals surface area contributed by atoms with E-state index in [-0.39, 0.29) is 5.91 Å². The average Bonchev–Trinajstić information content (AvgIpc) is 2.58. The van der Waals surface area contributed by atoms with E-state index < -0.39 is 0 Å². The van der Waals surface area contributed by atoms with Gasteiger partial charge >= 0.3 is 0 Å². The van der Waals surface area contributed by atoms with Crippen LogP contribution in [0.1, 0.15) is 23.1 Å². The minimum Gasteiger partial charge on any atom is -0.496 e. The summed E-state index contributed by atoms with van der Waals surface area (Å²) in [4.78, 5) is 14.0. The molecule has 0 atom stereocenters. The summed E-state index contributed by atoms with van der Waals surface area (Å²) in [7, 11) is 3.37. The molecule has 4 nitrogen and oxygen atoms in total. The molecule has 0 heterocycles. The van der Waals surface area contributed by atoms with Crippen LogP contribution in [0.4, 0.5) is 0 Å². The number of ether oxygens (including phenoxy) is 2. The highest BCUT2D eigenvalue weighted by atomic mass is 35.5. The molecule has 0 unspecified atom stereocenters. The Hall–Kier alpha value is -2.20. The number of methoxy groups -OCH3 is 1. The van der Waals surface area contributed by atoms with Crippen LogP contribution in [0.3, 0.4) is 0 Å². The van der Waals surface area contributed by atoms with Gasteiger partial charge in [-0.05, 0) is 49.2 Å². The largest absolute Gasteiger partial charge is 0.496 e. The predicted octanol–water partition coefficient (Wildman–Crippen LogP) is 4.39. The molecule has 134 valence electrons. The molecule has 0 fully saturated rings. The molecule has 0 aromatic heterocycles. The lowest BCUT2D eigenvalue weighted by Crippen LogP contribution is -2.27. The number of aryl methyl sites for hydroxylation is 1. The number of amides is 1. The molecule has 0 N–H and O–H groups in total. The van der Waals surface area contributed by atoms with Crippen LogP contribution in [0.15, 0.2) is 36.4 Å². The van der Waals surface area contributed by atoms with Gasteiger partial charge in [-0.25, -0.2) is 0 Å². The van der Waals surface area contributed by atoms with Crippen molar-refractivity contribution in [2.75, 3.05) is 20.8 Å². The molecular weight excluding hydrogens is 338 g/mol. The molecule has 0 saturated heterocycles. The fraction of sp³-hybridized carbons (Fsp3) is 0.350. The summed E-state index contributed by atoms with van der Waals surface area (Å²) in [5, 5.41) is 0.620. The van der Waals surface area contributed by atoms with Gasteiger partial charge in [-0.3, -0.25) is 4.79 Å². The summed E-state index contributed by atoms with van der Waals surface area (Å²) in [5.74, 6) is 1.55. The lowest BCUT2D eigenvalue weighted by molar-refractivity contribution is -0.130. The molecule has 0 aliphatic heterocycles. The molecule has 0 saturated carbocycles. The van der Waals surface area contributed by atoms with E-state index in [1.807, 2.05) is 38.1 Å². The second-order valence-corrected chi connectivity index (χ2v) is 6.44. The van der Waals surface area contributed by atoms with Crippen LogP contribution < -0.4 is 9.47 Å². The van der Waals surface area contributed by atoms with E-state index in [4.69, 9.17) is 21.1 Å². The quantitative estimate of drug-likeness (QED) is 0.734. The Morgan fingerprint density at radius 3 is 2.64 bits per heavy atom. The zero-order valence-corrected chi connectivity index (χ0v) is 15.9. The fourth-order valence-electron chi connectivity index (χ4n) is 2.53. The topological polar surface area (TPSA) is 38.8 Å². The van der Waals surface area contributed by atoms with Gasteiger partial charge in [0.05, 0.1) is 20.1 Å². The molecular formula is C20H24ClNO3. The normalized spacial score (nSPS) is 10.4. The number of carbonyl (C=O) groups excluding carboxylic acids is 1. The van der Waals surface area contributed by atoms with Crippen LogP contribution in [0.25, 0.3) is 0 Å². The zero-order valence-electron chi connectivity index (χ0n) is 15.1. The summed E-state index contributed by atoms with van der Waals surface area (Å²) in [6.07, 6.45) is 0.312. The Bertz CT molecular complexity index is 746. The smallest absolute Gasteiger partial charge is 0.226 e. The SMILES string of the molecule is COc1ccc(Cl)cc1CN(C)C(=O)CCOc1cccc(C)c1C. The molecule has 0 aliphatic carbocycles. The van der Waals surface area contributed by atoms with Crippen molar-refractivity contribution in [3.8, 4) is 11.5 Å². The van der Waals surface area contributed by atoms with Crippen molar-refractivity contribution in [3.63, 3.8) is 0 Å². The predicted molar refractivity (Wildman–Crippen MR) is 101 cm³/mol. The van der Waals surface area contributed by atoms with Crippen molar-refractivity contribution < 1.29 is 14.3 Å². The van der Waals surface area contributed by atoms with Crippen molar-refractivity contribution >= 4 is 17.5 Å². The lowest BCUT2D eigenvalue weighted by atomic mass is 10.1. The molecule has 0 aliphatic rings. The van der Waals surface area contributed by atoms with Gasteiger partial charge in [0.2, 0.25) is 5.91 Å². The summed E-state index contributed by atoms with van der Waals surface area (Å²) >= 11 is 6.04.